The lowest BCUT2D eigenvalue weighted by molar-refractivity contribution is -0.119. The maximum Gasteiger partial charge on any atom is 0.243 e. The first-order valence-corrected chi connectivity index (χ1v) is 12.3. The van der Waals surface area contributed by atoms with Crippen molar-refractivity contribution < 1.29 is 22.4 Å². The van der Waals surface area contributed by atoms with Crippen LogP contribution >= 0.6 is 11.6 Å². The molecule has 2 heterocycles. The number of carbonyl (C=O) groups is 1. The molecule has 8 nitrogen and oxygen atoms in total. The molecule has 1 aliphatic rings. The van der Waals surface area contributed by atoms with Crippen molar-refractivity contribution in [2.24, 2.45) is 0 Å². The van der Waals surface area contributed by atoms with Crippen LogP contribution in [0.3, 0.4) is 0 Å². The van der Waals surface area contributed by atoms with Gasteiger partial charge in [-0.3, -0.25) is 4.79 Å². The Kier molecular flexibility index (Phi) is 7.34. The number of sulfonamides is 1. The van der Waals surface area contributed by atoms with Crippen LogP contribution in [-0.4, -0.2) is 51.5 Å². The number of halogens is 1. The van der Waals surface area contributed by atoms with Crippen molar-refractivity contribution >= 4 is 33.2 Å². The molecule has 0 bridgehead atoms. The number of nitrogens with one attached hydrogen (secondary N) is 2. The molecule has 2 N–H and O–H groups in total. The Balaban J connectivity index is 1.30. The van der Waals surface area contributed by atoms with Crippen molar-refractivity contribution in [2.45, 2.75) is 11.4 Å². The van der Waals surface area contributed by atoms with Crippen LogP contribution in [0.4, 0.5) is 5.69 Å². The smallest absolute Gasteiger partial charge is 0.243 e. The average molecular weight is 490 g/mol. The largest absolute Gasteiger partial charge is 0.459 e. The second-order valence-corrected chi connectivity index (χ2v) is 9.82. The highest BCUT2D eigenvalue weighted by Crippen LogP contribution is 2.24. The van der Waals surface area contributed by atoms with Crippen molar-refractivity contribution in [3.8, 4) is 11.3 Å². The molecule has 0 unspecified atom stereocenters. The Labute approximate surface area is 197 Å². The first kappa shape index (κ1) is 23.3. The Morgan fingerprint density at radius 2 is 1.79 bits per heavy atom. The van der Waals surface area contributed by atoms with E-state index in [1.165, 1.54) is 10.4 Å². The predicted molar refractivity (Wildman–Crippen MR) is 126 cm³/mol. The molecule has 3 aromatic rings. The van der Waals surface area contributed by atoms with Gasteiger partial charge >= 0.3 is 0 Å². The summed E-state index contributed by atoms with van der Waals surface area (Å²) in [5, 5.41) is 6.40. The quantitative estimate of drug-likeness (QED) is 0.503. The number of ether oxygens (including phenoxy) is 1. The lowest BCUT2D eigenvalue weighted by Crippen LogP contribution is -2.40. The molecule has 4 rings (SSSR count). The number of benzene rings is 2. The molecule has 0 spiro atoms. The van der Waals surface area contributed by atoms with Gasteiger partial charge in [-0.15, -0.1) is 0 Å². The van der Waals surface area contributed by atoms with Gasteiger partial charge in [-0.05, 0) is 54.6 Å². The van der Waals surface area contributed by atoms with Gasteiger partial charge in [0.15, 0.2) is 0 Å². The summed E-state index contributed by atoms with van der Waals surface area (Å²) in [6, 6.07) is 17.4. The number of morpholine rings is 1. The summed E-state index contributed by atoms with van der Waals surface area (Å²) in [5.74, 6) is 1.06. The Morgan fingerprint density at radius 3 is 2.55 bits per heavy atom. The van der Waals surface area contributed by atoms with Gasteiger partial charge in [0.1, 0.15) is 11.5 Å². The molecule has 10 heteroatoms. The van der Waals surface area contributed by atoms with Gasteiger partial charge in [0.05, 0.1) is 31.2 Å². The van der Waals surface area contributed by atoms with Crippen molar-refractivity contribution in [3.05, 3.63) is 71.4 Å². The van der Waals surface area contributed by atoms with Crippen LogP contribution in [0.25, 0.3) is 11.3 Å². The molecule has 0 radical (unpaired) electrons. The van der Waals surface area contributed by atoms with E-state index in [1.807, 2.05) is 18.2 Å². The van der Waals surface area contributed by atoms with E-state index in [2.05, 4.69) is 10.6 Å². The lowest BCUT2D eigenvalue weighted by atomic mass is 10.2. The molecule has 1 saturated heterocycles. The number of amides is 1. The zero-order valence-corrected chi connectivity index (χ0v) is 19.4. The van der Waals surface area contributed by atoms with Gasteiger partial charge in [-0.1, -0.05) is 17.7 Å². The highest BCUT2D eigenvalue weighted by molar-refractivity contribution is 7.89. The van der Waals surface area contributed by atoms with Crippen LogP contribution in [-0.2, 0) is 26.1 Å². The number of anilines is 1. The van der Waals surface area contributed by atoms with Gasteiger partial charge in [0.25, 0.3) is 0 Å². The minimum atomic E-state index is -3.60. The zero-order valence-electron chi connectivity index (χ0n) is 17.8. The maximum atomic E-state index is 12.8. The highest BCUT2D eigenvalue weighted by Gasteiger charge is 2.26. The van der Waals surface area contributed by atoms with Gasteiger partial charge in [-0.25, -0.2) is 8.42 Å². The van der Waals surface area contributed by atoms with Gasteiger partial charge < -0.3 is 19.8 Å². The number of hydrogen-bond acceptors (Lipinski definition) is 6. The lowest BCUT2D eigenvalue weighted by Gasteiger charge is -2.26. The van der Waals surface area contributed by atoms with E-state index >= 15 is 0 Å². The maximum absolute atomic E-state index is 12.8. The molecule has 1 fully saturated rings. The third kappa shape index (κ3) is 5.94. The number of nitrogens with zero attached hydrogens (tertiary/aromatic N) is 1. The normalized spacial score (nSPS) is 14.7. The fourth-order valence-electron chi connectivity index (χ4n) is 3.38. The molecule has 1 amide bonds. The summed E-state index contributed by atoms with van der Waals surface area (Å²) in [4.78, 5) is 12.4. The predicted octanol–water partition coefficient (Wildman–Crippen LogP) is 3.35. The summed E-state index contributed by atoms with van der Waals surface area (Å²) in [6.07, 6.45) is 0. The average Bonchev–Trinajstić information content (AvgIpc) is 3.32. The van der Waals surface area contributed by atoms with E-state index in [9.17, 15) is 13.2 Å². The standard InChI is InChI=1S/C23H24ClN3O5S/c24-18-6-4-17(5-7-18)22-9-8-20(32-22)15-26-23(28)16-25-19-2-1-3-21(14-19)33(29,30)27-10-12-31-13-11-27/h1-9,14,25H,10-13,15-16H2,(H,26,28). The Morgan fingerprint density at radius 1 is 1.03 bits per heavy atom. The second-order valence-electron chi connectivity index (χ2n) is 7.45. The van der Waals surface area contributed by atoms with Crippen molar-refractivity contribution in [1.29, 1.82) is 0 Å². The SMILES string of the molecule is O=C(CNc1cccc(S(=O)(=O)N2CCOCC2)c1)NCc1ccc(-c2ccc(Cl)cc2)o1. The van der Waals surface area contributed by atoms with E-state index in [-0.39, 0.29) is 23.9 Å². The van der Waals surface area contributed by atoms with Crippen molar-refractivity contribution in [1.82, 2.24) is 9.62 Å². The van der Waals surface area contributed by atoms with E-state index in [0.717, 1.165) is 5.56 Å². The van der Waals surface area contributed by atoms with Gasteiger partial charge in [-0.2, -0.15) is 4.31 Å². The van der Waals surface area contributed by atoms with Crippen molar-refractivity contribution in [3.63, 3.8) is 0 Å². The minimum absolute atomic E-state index is 0.00813. The van der Waals surface area contributed by atoms with Crippen LogP contribution in [0.1, 0.15) is 5.76 Å². The van der Waals surface area contributed by atoms with Crippen LogP contribution in [0, 0.1) is 0 Å². The first-order chi connectivity index (χ1) is 15.9. The number of carbonyl (C=O) groups excluding carboxylic acids is 1. The Hall–Kier alpha value is -2.85. The van der Waals surface area contributed by atoms with E-state index < -0.39 is 10.0 Å². The van der Waals surface area contributed by atoms with Gasteiger partial charge in [0, 0.05) is 29.4 Å². The van der Waals surface area contributed by atoms with E-state index in [1.54, 1.807) is 36.4 Å². The van der Waals surface area contributed by atoms with Crippen LogP contribution < -0.4 is 10.6 Å². The number of hydrogen-bond donors (Lipinski definition) is 2. The van der Waals surface area contributed by atoms with E-state index in [4.69, 9.17) is 20.8 Å². The fourth-order valence-corrected chi connectivity index (χ4v) is 4.96. The Bertz CT molecular complexity index is 1200. The molecule has 0 atom stereocenters. The first-order valence-electron chi connectivity index (χ1n) is 10.4. The molecule has 2 aromatic carbocycles. The van der Waals surface area contributed by atoms with Crippen LogP contribution in [0.15, 0.2) is 70.0 Å². The van der Waals surface area contributed by atoms with E-state index in [0.29, 0.717) is 48.5 Å². The molecule has 1 aromatic heterocycles. The highest BCUT2D eigenvalue weighted by atomic mass is 35.5. The molecule has 0 aliphatic carbocycles. The molecule has 0 saturated carbocycles. The molecular weight excluding hydrogens is 466 g/mol. The third-order valence-corrected chi connectivity index (χ3v) is 7.29. The zero-order chi connectivity index (χ0) is 23.3. The second kappa shape index (κ2) is 10.4. The third-order valence-electron chi connectivity index (χ3n) is 5.15. The summed E-state index contributed by atoms with van der Waals surface area (Å²) >= 11 is 5.91. The van der Waals surface area contributed by atoms with Crippen molar-refractivity contribution in [2.75, 3.05) is 38.2 Å². The molecule has 1 aliphatic heterocycles. The van der Waals surface area contributed by atoms with Crippen LogP contribution in [0.2, 0.25) is 5.02 Å². The summed E-state index contributed by atoms with van der Waals surface area (Å²) in [6.45, 7) is 1.65. The minimum Gasteiger partial charge on any atom is -0.459 e. The van der Waals surface area contributed by atoms with Gasteiger partial charge in [0.2, 0.25) is 15.9 Å². The fraction of sp³-hybridized carbons (Fsp3) is 0.261. The van der Waals surface area contributed by atoms with Crippen LogP contribution in [0.5, 0.6) is 0 Å². The summed E-state index contributed by atoms with van der Waals surface area (Å²) in [5.41, 5.74) is 1.44. The monoisotopic (exact) mass is 489 g/mol. The number of furan rings is 1. The summed E-state index contributed by atoms with van der Waals surface area (Å²) in [7, 11) is -3.60. The summed E-state index contributed by atoms with van der Waals surface area (Å²) < 4.78 is 38.0. The molecular formula is C23H24ClN3O5S. The molecule has 33 heavy (non-hydrogen) atoms. The number of rotatable bonds is 8. The topological polar surface area (TPSA) is 101 Å². The molecule has 174 valence electrons.